The summed E-state index contributed by atoms with van der Waals surface area (Å²) < 4.78 is 5.37. The first kappa shape index (κ1) is 59.8. The molecule has 0 radical (unpaired) electrons. The van der Waals surface area contributed by atoms with Crippen molar-refractivity contribution in [3.05, 3.63) is 92.2 Å². The van der Waals surface area contributed by atoms with Crippen LogP contribution in [-0.2, 0) is 19.1 Å². The van der Waals surface area contributed by atoms with Crippen LogP contribution in [0.25, 0.3) is 33.1 Å². The predicted molar refractivity (Wildman–Crippen MR) is 316 cm³/mol. The van der Waals surface area contributed by atoms with E-state index in [1.807, 2.05) is 30.6 Å². The van der Waals surface area contributed by atoms with Crippen LogP contribution in [0.3, 0.4) is 0 Å². The zero-order chi connectivity index (χ0) is 57.3. The maximum atomic E-state index is 12.8. The number of carbonyl (C=O) groups excluding carboxylic acids is 6. The number of carbonyl (C=O) groups is 6. The van der Waals surface area contributed by atoms with E-state index in [1.54, 1.807) is 23.5 Å². The van der Waals surface area contributed by atoms with E-state index in [2.05, 4.69) is 87.5 Å². The molecule has 3 saturated heterocycles. The Kier molecular flexibility index (Phi) is 19.7. The first-order valence-electron chi connectivity index (χ1n) is 28.4. The van der Waals surface area contributed by atoms with E-state index in [4.69, 9.17) is 4.74 Å². The third kappa shape index (κ3) is 13.4. The van der Waals surface area contributed by atoms with Gasteiger partial charge in [0.2, 0.25) is 17.7 Å². The number of ketones is 2. The third-order valence-corrected chi connectivity index (χ3v) is 16.3. The molecule has 2 aliphatic carbocycles. The zero-order valence-corrected chi connectivity index (χ0v) is 46.8. The Morgan fingerprint density at radius 3 is 1.35 bits per heavy atom. The standard InChI is InChI=1S/C20H27N5O3.C20H25N5O2.C19H23N5O2.CH4/c1-5-16(26)25-9-14(7-6-13(25)4)24-19-17-15(20(27)28-10-12(2)3)8-21-18(17)22-11-23-19;1-3-16(26)25-10-14(8-7-12(25)2)24-20-17-15(18(27)13-5-4-6-13)9-21-19(17)22-11-23-20;1-2-15(25)24-8-4-7-13(10-24)23-19-16-14(17(26)12-5-3-6-12)9-20-18(16)21-11-22-19;/h5,8,11-14H,1,6-7,9-10H2,2-4H3,(H2,21,22,23,24);3,9,11-14H,1,4-8,10H2,2H3,(H2,21,22,23,24);2,9,11-13H,1,3-8,10H2,(H2,20,21,22,23);1H4/t13-,14+;12-,14+;13-;/m001./s1. The number of nitrogens with one attached hydrogen (secondary N) is 6. The highest BCUT2D eigenvalue weighted by Crippen LogP contribution is 2.36. The number of Topliss-reactive ketones (excluding diaryl/α,β-unsaturated/α-hetero) is 2. The molecule has 0 spiro atoms. The molecule has 5 fully saturated rings. The molecule has 6 N–H and O–H groups in total. The molecule has 5 aliphatic rings. The molecule has 3 aliphatic heterocycles. The van der Waals surface area contributed by atoms with Gasteiger partial charge in [0.15, 0.2) is 11.6 Å². The molecule has 436 valence electrons. The molecule has 6 aromatic heterocycles. The number of ether oxygens (including phenoxy) is 1. The van der Waals surface area contributed by atoms with Crippen LogP contribution in [0.1, 0.15) is 143 Å². The SMILES string of the molecule is C.C=CC(=O)N1CCC[C@@H](Nc2ncnc3[nH]cc(C(=O)C4CCC4)c23)C1.C=CC(=O)N1C[C@H](Nc2ncnc3[nH]cc(C(=O)C4CCC4)c23)CC[C@@H]1C.C=CC(=O)N1C[C@H](Nc2ncnc3[nH]cc(C(=O)OCC(C)C)c23)CC[C@@H]1C. The summed E-state index contributed by atoms with van der Waals surface area (Å²) >= 11 is 0. The summed E-state index contributed by atoms with van der Waals surface area (Å²) in [5, 5.41) is 12.4. The van der Waals surface area contributed by atoms with Crippen LogP contribution in [0.2, 0.25) is 0 Å². The van der Waals surface area contributed by atoms with Gasteiger partial charge in [0.05, 0.1) is 28.3 Å². The van der Waals surface area contributed by atoms with E-state index in [-0.39, 0.29) is 84.7 Å². The smallest absolute Gasteiger partial charge is 0.340 e. The van der Waals surface area contributed by atoms with Crippen molar-refractivity contribution in [3.8, 4) is 0 Å². The number of H-pyrrole nitrogens is 3. The lowest BCUT2D eigenvalue weighted by Gasteiger charge is -2.38. The number of nitrogens with zero attached hydrogens (tertiary/aromatic N) is 9. The van der Waals surface area contributed by atoms with Gasteiger partial charge >= 0.3 is 5.97 Å². The molecular weight excluding hydrogens is 1040 g/mol. The average molecular weight is 1120 g/mol. The Morgan fingerprint density at radius 1 is 0.561 bits per heavy atom. The first-order chi connectivity index (χ1) is 39.1. The molecule has 11 rings (SSSR count). The number of aromatic nitrogens is 9. The van der Waals surface area contributed by atoms with Gasteiger partial charge in [0.1, 0.15) is 53.4 Å². The summed E-state index contributed by atoms with van der Waals surface area (Å²) in [7, 11) is 0. The van der Waals surface area contributed by atoms with E-state index < -0.39 is 5.97 Å². The van der Waals surface area contributed by atoms with Gasteiger partial charge in [-0.3, -0.25) is 24.0 Å². The molecule has 9 heterocycles. The topological polar surface area (TPSA) is 282 Å². The summed E-state index contributed by atoms with van der Waals surface area (Å²) in [4.78, 5) is 115. The van der Waals surface area contributed by atoms with Gasteiger partial charge in [-0.25, -0.2) is 34.7 Å². The molecule has 2 saturated carbocycles. The Bertz CT molecular complexity index is 3300. The molecule has 82 heavy (non-hydrogen) atoms. The highest BCUT2D eigenvalue weighted by atomic mass is 16.5. The van der Waals surface area contributed by atoms with Crippen LogP contribution in [0.4, 0.5) is 17.5 Å². The van der Waals surface area contributed by atoms with Crippen molar-refractivity contribution >= 4 is 85.8 Å². The molecule has 22 nitrogen and oxygen atoms in total. The summed E-state index contributed by atoms with van der Waals surface area (Å²) in [6.45, 7) is 21.7. The van der Waals surface area contributed by atoms with Gasteiger partial charge in [0.25, 0.3) is 0 Å². The number of rotatable bonds is 16. The third-order valence-electron chi connectivity index (χ3n) is 16.3. The van der Waals surface area contributed by atoms with Gasteiger partial charge in [-0.1, -0.05) is 53.9 Å². The molecule has 0 aromatic carbocycles. The average Bonchev–Trinajstić information content (AvgIpc) is 3.79. The molecule has 3 amide bonds. The van der Waals surface area contributed by atoms with Gasteiger partial charge in [-0.15, -0.1) is 0 Å². The number of anilines is 3. The zero-order valence-electron chi connectivity index (χ0n) is 46.8. The van der Waals surface area contributed by atoms with Crippen molar-refractivity contribution in [2.24, 2.45) is 17.8 Å². The monoisotopic (exact) mass is 1120 g/mol. The largest absolute Gasteiger partial charge is 0.462 e. The lowest BCUT2D eigenvalue weighted by Crippen LogP contribution is -2.49. The number of amides is 3. The van der Waals surface area contributed by atoms with E-state index in [9.17, 15) is 28.8 Å². The Morgan fingerprint density at radius 2 is 0.963 bits per heavy atom. The minimum absolute atomic E-state index is 0. The molecular formula is C60H79N15O7. The Labute approximate surface area is 478 Å². The fourth-order valence-corrected chi connectivity index (χ4v) is 11.2. The minimum atomic E-state index is -0.404. The highest BCUT2D eigenvalue weighted by Gasteiger charge is 2.34. The van der Waals surface area contributed by atoms with Crippen LogP contribution in [0.5, 0.6) is 0 Å². The summed E-state index contributed by atoms with van der Waals surface area (Å²) in [5.41, 5.74) is 3.64. The highest BCUT2D eigenvalue weighted by molar-refractivity contribution is 6.13. The van der Waals surface area contributed by atoms with Crippen molar-refractivity contribution in [1.82, 2.24) is 59.6 Å². The molecule has 0 bridgehead atoms. The molecule has 6 aromatic rings. The summed E-state index contributed by atoms with van der Waals surface area (Å²) in [6.07, 6.45) is 25.2. The number of hydrogen-bond donors (Lipinski definition) is 6. The van der Waals surface area contributed by atoms with E-state index in [1.165, 1.54) is 37.2 Å². The number of likely N-dealkylation sites (tertiary alicyclic amines) is 3. The van der Waals surface area contributed by atoms with Crippen molar-refractivity contribution < 1.29 is 33.5 Å². The Balaban J connectivity index is 0.000000160. The minimum Gasteiger partial charge on any atom is -0.462 e. The van der Waals surface area contributed by atoms with Crippen LogP contribution in [0.15, 0.2) is 75.5 Å². The Hall–Kier alpha value is -8.30. The van der Waals surface area contributed by atoms with E-state index in [0.29, 0.717) is 82.7 Å². The quantitative estimate of drug-likeness (QED) is 0.0300. The normalized spacial score (nSPS) is 20.8. The van der Waals surface area contributed by atoms with Crippen molar-refractivity contribution in [2.45, 2.75) is 142 Å². The van der Waals surface area contributed by atoms with Gasteiger partial charge in [-0.2, -0.15) is 0 Å². The number of fused-ring (bicyclic) bond motifs is 3. The lowest BCUT2D eigenvalue weighted by atomic mass is 9.80. The van der Waals surface area contributed by atoms with E-state index >= 15 is 0 Å². The lowest BCUT2D eigenvalue weighted by molar-refractivity contribution is -0.130. The van der Waals surface area contributed by atoms with Crippen molar-refractivity contribution in [3.63, 3.8) is 0 Å². The number of aromatic amines is 3. The number of hydrogen-bond acceptors (Lipinski definition) is 16. The van der Waals surface area contributed by atoms with Crippen molar-refractivity contribution in [2.75, 3.05) is 48.7 Å². The van der Waals surface area contributed by atoms with Crippen LogP contribution < -0.4 is 16.0 Å². The second-order valence-corrected chi connectivity index (χ2v) is 22.3. The van der Waals surface area contributed by atoms with Gasteiger partial charge < -0.3 is 50.3 Å². The fourth-order valence-electron chi connectivity index (χ4n) is 11.2. The van der Waals surface area contributed by atoms with Crippen LogP contribution >= 0.6 is 0 Å². The fraction of sp³-hybridized carbons (Fsp3) is 0.500. The predicted octanol–water partition coefficient (Wildman–Crippen LogP) is 8.83. The van der Waals surface area contributed by atoms with Crippen LogP contribution in [-0.4, -0.2) is 158 Å². The van der Waals surface area contributed by atoms with Crippen molar-refractivity contribution in [1.29, 1.82) is 0 Å². The second-order valence-electron chi connectivity index (χ2n) is 22.3. The molecule has 5 atom stereocenters. The summed E-state index contributed by atoms with van der Waals surface area (Å²) in [5.74, 6) is 2.14. The molecule has 22 heteroatoms. The number of esters is 1. The van der Waals surface area contributed by atoms with Gasteiger partial charge in [-0.05, 0) is 102 Å². The second kappa shape index (κ2) is 27.0. The first-order valence-corrected chi connectivity index (χ1v) is 28.4. The maximum absolute atomic E-state index is 12.8. The maximum Gasteiger partial charge on any atom is 0.340 e. The molecule has 0 unspecified atom stereocenters. The summed E-state index contributed by atoms with van der Waals surface area (Å²) in [6, 6.07) is 0.550. The van der Waals surface area contributed by atoms with E-state index in [0.717, 1.165) is 94.4 Å². The van der Waals surface area contributed by atoms with Gasteiger partial charge in [0, 0.05) is 97.9 Å². The number of piperidine rings is 3. The van der Waals surface area contributed by atoms with Crippen LogP contribution in [0, 0.1) is 17.8 Å².